The van der Waals surface area contributed by atoms with Crippen molar-refractivity contribution < 1.29 is 4.79 Å². The summed E-state index contributed by atoms with van der Waals surface area (Å²) < 4.78 is 0.879. The quantitative estimate of drug-likeness (QED) is 0.891. The van der Waals surface area contributed by atoms with Gasteiger partial charge in [-0.3, -0.25) is 4.79 Å². The number of halogens is 1. The van der Waals surface area contributed by atoms with E-state index in [-0.39, 0.29) is 11.9 Å². The molecule has 1 atom stereocenters. The molecule has 0 aliphatic carbocycles. The molecule has 16 heavy (non-hydrogen) atoms. The fourth-order valence-electron chi connectivity index (χ4n) is 1.09. The highest BCUT2D eigenvalue weighted by molar-refractivity contribution is 9.10. The first-order valence-corrected chi connectivity index (χ1v) is 5.95. The van der Waals surface area contributed by atoms with Crippen molar-refractivity contribution in [1.29, 1.82) is 0 Å². The van der Waals surface area contributed by atoms with Gasteiger partial charge in [-0.15, -0.1) is 0 Å². The number of amides is 1. The Labute approximate surface area is 104 Å². The first kappa shape index (κ1) is 13.1. The molecule has 1 heterocycles. The minimum Gasteiger partial charge on any atom is -0.327 e. The number of nitrogens with one attached hydrogen (secondary N) is 1. The lowest BCUT2D eigenvalue weighted by atomic mass is 10.0. The highest BCUT2D eigenvalue weighted by Gasteiger charge is 2.13. The second-order valence-electron chi connectivity index (χ2n) is 4.02. The van der Waals surface area contributed by atoms with Gasteiger partial charge in [-0.05, 0) is 34.0 Å². The number of pyridine rings is 1. The lowest BCUT2D eigenvalue weighted by molar-refractivity contribution is -0.116. The van der Waals surface area contributed by atoms with Crippen LogP contribution in [0.2, 0.25) is 0 Å². The third-order valence-corrected chi connectivity index (χ3v) is 2.74. The Kier molecular flexibility index (Phi) is 4.89. The first-order valence-electron chi connectivity index (χ1n) is 5.16. The smallest absolute Gasteiger partial charge is 0.227 e. The summed E-state index contributed by atoms with van der Waals surface area (Å²) in [6.07, 6.45) is 1.95. The van der Waals surface area contributed by atoms with E-state index in [9.17, 15) is 4.79 Å². The van der Waals surface area contributed by atoms with Crippen LogP contribution >= 0.6 is 15.9 Å². The maximum absolute atomic E-state index is 11.6. The summed E-state index contributed by atoms with van der Waals surface area (Å²) in [6.45, 7) is 3.99. The van der Waals surface area contributed by atoms with E-state index in [0.29, 0.717) is 18.2 Å². The molecular formula is C11H16BrN3O. The second kappa shape index (κ2) is 5.96. The van der Waals surface area contributed by atoms with E-state index in [1.54, 1.807) is 12.3 Å². The SMILES string of the molecule is CC(C)C(N)CC(=O)Nc1ccc(Br)cn1. The van der Waals surface area contributed by atoms with Crippen LogP contribution in [0, 0.1) is 5.92 Å². The number of carbonyl (C=O) groups is 1. The molecule has 0 aliphatic heterocycles. The van der Waals surface area contributed by atoms with Crippen LogP contribution in [0.1, 0.15) is 20.3 Å². The van der Waals surface area contributed by atoms with Crippen LogP contribution < -0.4 is 11.1 Å². The molecule has 4 nitrogen and oxygen atoms in total. The number of anilines is 1. The van der Waals surface area contributed by atoms with Crippen LogP contribution in [0.5, 0.6) is 0 Å². The van der Waals surface area contributed by atoms with Crippen molar-refractivity contribution in [2.24, 2.45) is 11.7 Å². The van der Waals surface area contributed by atoms with Gasteiger partial charge in [0.05, 0.1) is 0 Å². The van der Waals surface area contributed by atoms with Crippen molar-refractivity contribution in [2.75, 3.05) is 5.32 Å². The van der Waals surface area contributed by atoms with Crippen LogP contribution in [0.3, 0.4) is 0 Å². The van der Waals surface area contributed by atoms with E-state index in [1.807, 2.05) is 19.9 Å². The highest BCUT2D eigenvalue weighted by Crippen LogP contribution is 2.11. The van der Waals surface area contributed by atoms with Gasteiger partial charge in [0, 0.05) is 23.1 Å². The van der Waals surface area contributed by atoms with Gasteiger partial charge >= 0.3 is 0 Å². The molecule has 5 heteroatoms. The minimum atomic E-state index is -0.115. The molecule has 0 aliphatic rings. The van der Waals surface area contributed by atoms with Crippen LogP contribution in [0.15, 0.2) is 22.8 Å². The van der Waals surface area contributed by atoms with Crippen LogP contribution in [0.4, 0.5) is 5.82 Å². The van der Waals surface area contributed by atoms with Gasteiger partial charge in [0.1, 0.15) is 5.82 Å². The monoisotopic (exact) mass is 285 g/mol. The van der Waals surface area contributed by atoms with Crippen molar-refractivity contribution >= 4 is 27.7 Å². The number of hydrogen-bond donors (Lipinski definition) is 2. The number of aromatic nitrogens is 1. The number of hydrogen-bond acceptors (Lipinski definition) is 3. The predicted molar refractivity (Wildman–Crippen MR) is 68.0 cm³/mol. The van der Waals surface area contributed by atoms with Crippen molar-refractivity contribution in [3.8, 4) is 0 Å². The topological polar surface area (TPSA) is 68.0 Å². The van der Waals surface area contributed by atoms with Gasteiger partial charge in [0.25, 0.3) is 0 Å². The van der Waals surface area contributed by atoms with Crippen molar-refractivity contribution in [2.45, 2.75) is 26.3 Å². The van der Waals surface area contributed by atoms with E-state index >= 15 is 0 Å². The molecule has 88 valence electrons. The number of rotatable bonds is 4. The Morgan fingerprint density at radius 3 is 2.75 bits per heavy atom. The fraction of sp³-hybridized carbons (Fsp3) is 0.455. The summed E-state index contributed by atoms with van der Waals surface area (Å²) in [6, 6.07) is 3.45. The Morgan fingerprint density at radius 2 is 2.25 bits per heavy atom. The lowest BCUT2D eigenvalue weighted by Crippen LogP contribution is -2.31. The number of nitrogens with zero attached hydrogens (tertiary/aromatic N) is 1. The maximum Gasteiger partial charge on any atom is 0.227 e. The summed E-state index contributed by atoms with van der Waals surface area (Å²) in [7, 11) is 0. The van der Waals surface area contributed by atoms with Gasteiger partial charge in [0.15, 0.2) is 0 Å². The van der Waals surface area contributed by atoms with Crippen molar-refractivity contribution in [1.82, 2.24) is 4.98 Å². The standard InChI is InChI=1S/C11H16BrN3O/c1-7(2)9(13)5-11(16)15-10-4-3-8(12)6-14-10/h3-4,6-7,9H,5,13H2,1-2H3,(H,14,15,16). The normalized spacial score (nSPS) is 12.6. The van der Waals surface area contributed by atoms with Gasteiger partial charge < -0.3 is 11.1 Å². The van der Waals surface area contributed by atoms with Gasteiger partial charge in [-0.1, -0.05) is 13.8 Å². The maximum atomic E-state index is 11.6. The molecule has 1 aromatic rings. The zero-order chi connectivity index (χ0) is 12.1. The number of carbonyl (C=O) groups excluding carboxylic acids is 1. The molecule has 0 radical (unpaired) electrons. The average molecular weight is 286 g/mol. The molecule has 0 bridgehead atoms. The van der Waals surface area contributed by atoms with E-state index in [4.69, 9.17) is 5.73 Å². The first-order chi connectivity index (χ1) is 7.49. The Morgan fingerprint density at radius 1 is 1.56 bits per heavy atom. The Hall–Kier alpha value is -0.940. The largest absolute Gasteiger partial charge is 0.327 e. The Balaban J connectivity index is 2.48. The van der Waals surface area contributed by atoms with Crippen molar-refractivity contribution in [3.05, 3.63) is 22.8 Å². The van der Waals surface area contributed by atoms with E-state index in [2.05, 4.69) is 26.2 Å². The van der Waals surface area contributed by atoms with E-state index < -0.39 is 0 Å². The summed E-state index contributed by atoms with van der Waals surface area (Å²) in [5.41, 5.74) is 5.81. The molecule has 1 rings (SSSR count). The summed E-state index contributed by atoms with van der Waals surface area (Å²) in [4.78, 5) is 15.6. The zero-order valence-corrected chi connectivity index (χ0v) is 11.0. The van der Waals surface area contributed by atoms with Crippen LogP contribution in [-0.2, 0) is 4.79 Å². The molecular weight excluding hydrogens is 270 g/mol. The van der Waals surface area contributed by atoms with Gasteiger partial charge in [-0.2, -0.15) is 0 Å². The molecule has 0 fully saturated rings. The predicted octanol–water partition coefficient (Wildman–Crippen LogP) is 2.16. The van der Waals surface area contributed by atoms with Gasteiger partial charge in [-0.25, -0.2) is 4.98 Å². The fourth-order valence-corrected chi connectivity index (χ4v) is 1.33. The second-order valence-corrected chi connectivity index (χ2v) is 4.94. The molecule has 0 saturated heterocycles. The molecule has 0 saturated carbocycles. The molecule has 3 N–H and O–H groups in total. The lowest BCUT2D eigenvalue weighted by Gasteiger charge is -2.14. The molecule has 1 amide bonds. The summed E-state index contributed by atoms with van der Waals surface area (Å²) in [5.74, 6) is 0.740. The third kappa shape index (κ3) is 4.28. The molecule has 1 aromatic heterocycles. The Bertz CT molecular complexity index is 351. The van der Waals surface area contributed by atoms with E-state index in [0.717, 1.165) is 4.47 Å². The van der Waals surface area contributed by atoms with Crippen LogP contribution in [-0.4, -0.2) is 16.9 Å². The minimum absolute atomic E-state index is 0.101. The number of nitrogens with two attached hydrogens (primary N) is 1. The van der Waals surface area contributed by atoms with Gasteiger partial charge in [0.2, 0.25) is 5.91 Å². The summed E-state index contributed by atoms with van der Waals surface area (Å²) >= 11 is 3.28. The van der Waals surface area contributed by atoms with E-state index in [1.165, 1.54) is 0 Å². The highest BCUT2D eigenvalue weighted by atomic mass is 79.9. The van der Waals surface area contributed by atoms with Crippen LogP contribution in [0.25, 0.3) is 0 Å². The average Bonchev–Trinajstić information content (AvgIpc) is 2.21. The van der Waals surface area contributed by atoms with Crippen molar-refractivity contribution in [3.63, 3.8) is 0 Å². The molecule has 0 aromatic carbocycles. The zero-order valence-electron chi connectivity index (χ0n) is 9.40. The summed E-state index contributed by atoms with van der Waals surface area (Å²) in [5, 5.41) is 2.70. The molecule has 0 spiro atoms. The third-order valence-electron chi connectivity index (χ3n) is 2.27. The molecule has 1 unspecified atom stereocenters.